The lowest BCUT2D eigenvalue weighted by Gasteiger charge is -2.27. The number of ether oxygens (including phenoxy) is 2. The van der Waals surface area contributed by atoms with Crippen LogP contribution >= 0.6 is 0 Å². The van der Waals surface area contributed by atoms with Gasteiger partial charge in [0.15, 0.2) is 11.5 Å². The third-order valence-corrected chi connectivity index (χ3v) is 4.24. The Bertz CT molecular complexity index is 951. The number of hydrogen-bond donors (Lipinski definition) is 1. The van der Waals surface area contributed by atoms with Crippen molar-refractivity contribution in [3.63, 3.8) is 0 Å². The predicted octanol–water partition coefficient (Wildman–Crippen LogP) is 4.54. The predicted molar refractivity (Wildman–Crippen MR) is 88.0 cm³/mol. The minimum Gasteiger partial charge on any atom is -0.454 e. The second-order valence-electron chi connectivity index (χ2n) is 6.22. The highest BCUT2D eigenvalue weighted by atomic mass is 19.4. The Morgan fingerprint density at radius 1 is 1.00 bits per heavy atom. The first kappa shape index (κ1) is 20.8. The van der Waals surface area contributed by atoms with Crippen molar-refractivity contribution in [2.75, 3.05) is 6.79 Å². The molecule has 5 nitrogen and oxygen atoms in total. The maximum Gasteiger partial charge on any atom is 0.462 e. The molecule has 0 atom stereocenters. The molecule has 29 heavy (non-hydrogen) atoms. The van der Waals surface area contributed by atoms with Gasteiger partial charge < -0.3 is 14.0 Å². The van der Waals surface area contributed by atoms with Gasteiger partial charge in [-0.2, -0.15) is 35.8 Å². The van der Waals surface area contributed by atoms with Gasteiger partial charge in [-0.3, -0.25) is 0 Å². The summed E-state index contributed by atoms with van der Waals surface area (Å²) in [6.07, 6.45) is -5.69. The number of nitrogens with zero attached hydrogens (tertiary/aromatic N) is 2. The third-order valence-electron chi connectivity index (χ3n) is 4.24. The molecule has 0 amide bonds. The summed E-state index contributed by atoms with van der Waals surface area (Å²) in [7, 11) is 0. The Labute approximate surface area is 159 Å². The summed E-state index contributed by atoms with van der Waals surface area (Å²) in [5.74, 6) is -5.24. The molecule has 0 spiro atoms. The Hall–Kier alpha value is -2.92. The van der Waals surface area contributed by atoms with E-state index in [4.69, 9.17) is 9.47 Å². The van der Waals surface area contributed by atoms with E-state index in [0.29, 0.717) is 34.0 Å². The molecule has 158 valence electrons. The van der Waals surface area contributed by atoms with Gasteiger partial charge in [-0.15, -0.1) is 0 Å². The number of alkyl halides is 7. The van der Waals surface area contributed by atoms with Crippen LogP contribution in [0.2, 0.25) is 0 Å². The van der Waals surface area contributed by atoms with Gasteiger partial charge in [-0.25, -0.2) is 5.43 Å². The third kappa shape index (κ3) is 3.58. The molecule has 0 saturated heterocycles. The Morgan fingerprint density at radius 3 is 2.31 bits per heavy atom. The summed E-state index contributed by atoms with van der Waals surface area (Å²) in [5, 5.41) is 2.90. The SMILES string of the molecule is Cc1cc(/C=N/NC(F)(F)C(F)(F)C(F)(F)F)c(C)n1-c1ccc2c(c1)OCO2. The molecule has 1 aromatic carbocycles. The zero-order valence-electron chi connectivity index (χ0n) is 15.0. The van der Waals surface area contributed by atoms with Crippen LogP contribution in [0.15, 0.2) is 29.4 Å². The lowest BCUT2D eigenvalue weighted by atomic mass is 10.2. The summed E-state index contributed by atoms with van der Waals surface area (Å²) in [6.45, 7) is 3.36. The van der Waals surface area contributed by atoms with Crippen LogP contribution in [0.4, 0.5) is 30.7 Å². The van der Waals surface area contributed by atoms with Crippen LogP contribution in [0.3, 0.4) is 0 Å². The first-order valence-electron chi connectivity index (χ1n) is 8.07. The van der Waals surface area contributed by atoms with Crippen molar-refractivity contribution >= 4 is 6.21 Å². The summed E-state index contributed by atoms with van der Waals surface area (Å²) >= 11 is 0. The second kappa shape index (κ2) is 6.85. The molecule has 0 radical (unpaired) electrons. The number of nitrogens with one attached hydrogen (secondary N) is 1. The van der Waals surface area contributed by atoms with Crippen molar-refractivity contribution < 1.29 is 40.2 Å². The number of aryl methyl sites for hydroxylation is 1. The molecule has 1 N–H and O–H groups in total. The number of hydrogen-bond acceptors (Lipinski definition) is 4. The molecule has 2 heterocycles. The van der Waals surface area contributed by atoms with Crippen LogP contribution in [0.1, 0.15) is 17.0 Å². The normalized spacial score (nSPS) is 14.7. The zero-order valence-corrected chi connectivity index (χ0v) is 15.0. The highest BCUT2D eigenvalue weighted by Gasteiger charge is 2.73. The fourth-order valence-electron chi connectivity index (χ4n) is 2.77. The Morgan fingerprint density at radius 2 is 1.66 bits per heavy atom. The van der Waals surface area contributed by atoms with E-state index >= 15 is 0 Å². The van der Waals surface area contributed by atoms with E-state index in [1.54, 1.807) is 36.6 Å². The van der Waals surface area contributed by atoms with Crippen molar-refractivity contribution in [2.24, 2.45) is 5.10 Å². The number of aromatic nitrogens is 1. The smallest absolute Gasteiger partial charge is 0.454 e. The van der Waals surface area contributed by atoms with E-state index in [1.165, 1.54) is 6.07 Å². The molecule has 1 aliphatic rings. The van der Waals surface area contributed by atoms with E-state index in [9.17, 15) is 30.7 Å². The highest BCUT2D eigenvalue weighted by molar-refractivity contribution is 5.82. The molecule has 0 fully saturated rings. The van der Waals surface area contributed by atoms with Crippen LogP contribution in [-0.4, -0.2) is 35.7 Å². The summed E-state index contributed by atoms with van der Waals surface area (Å²) in [6, 6.07) is 0.950. The lowest BCUT2D eigenvalue weighted by molar-refractivity contribution is -0.361. The first-order chi connectivity index (χ1) is 13.3. The molecule has 12 heteroatoms. The molecule has 0 bridgehead atoms. The molecule has 3 rings (SSSR count). The molecule has 0 unspecified atom stereocenters. The summed E-state index contributed by atoms with van der Waals surface area (Å²) < 4.78 is 101. The number of benzene rings is 1. The fourth-order valence-corrected chi connectivity index (χ4v) is 2.77. The van der Waals surface area contributed by atoms with Crippen molar-refractivity contribution in [3.05, 3.63) is 41.2 Å². The van der Waals surface area contributed by atoms with E-state index < -0.39 is 18.1 Å². The number of halogens is 7. The van der Waals surface area contributed by atoms with Crippen molar-refractivity contribution in [1.82, 2.24) is 9.99 Å². The minimum atomic E-state index is -6.44. The van der Waals surface area contributed by atoms with Gasteiger partial charge in [0, 0.05) is 28.7 Å². The number of rotatable bonds is 5. The van der Waals surface area contributed by atoms with Gasteiger partial charge in [-0.1, -0.05) is 0 Å². The van der Waals surface area contributed by atoms with Crippen molar-refractivity contribution in [1.29, 1.82) is 0 Å². The Kier molecular flexibility index (Phi) is 4.91. The summed E-state index contributed by atoms with van der Waals surface area (Å²) in [4.78, 5) is 0. The van der Waals surface area contributed by atoms with Gasteiger partial charge in [-0.05, 0) is 32.0 Å². The van der Waals surface area contributed by atoms with Gasteiger partial charge >= 0.3 is 18.1 Å². The van der Waals surface area contributed by atoms with Gasteiger partial charge in [0.2, 0.25) is 6.79 Å². The summed E-state index contributed by atoms with van der Waals surface area (Å²) in [5.41, 5.74) is 2.60. The monoisotopic (exact) mass is 425 g/mol. The van der Waals surface area contributed by atoms with Crippen molar-refractivity contribution in [3.8, 4) is 17.2 Å². The molecular weight excluding hydrogens is 411 g/mol. The lowest BCUT2D eigenvalue weighted by Crippen LogP contribution is -2.58. The van der Waals surface area contributed by atoms with Gasteiger partial charge in [0.25, 0.3) is 0 Å². The molecular formula is C17H14F7N3O2. The van der Waals surface area contributed by atoms with E-state index in [2.05, 4.69) is 5.10 Å². The fraction of sp³-hybridized carbons (Fsp3) is 0.353. The van der Waals surface area contributed by atoms with E-state index in [-0.39, 0.29) is 12.4 Å². The molecule has 0 saturated carbocycles. The highest BCUT2D eigenvalue weighted by Crippen LogP contribution is 2.45. The zero-order chi connectivity index (χ0) is 21.6. The van der Waals surface area contributed by atoms with E-state index in [1.807, 2.05) is 0 Å². The molecule has 0 aliphatic carbocycles. The van der Waals surface area contributed by atoms with E-state index in [0.717, 1.165) is 6.21 Å². The maximum atomic E-state index is 13.3. The topological polar surface area (TPSA) is 47.8 Å². The van der Waals surface area contributed by atoms with Gasteiger partial charge in [0.1, 0.15) is 0 Å². The molecule has 1 aliphatic heterocycles. The first-order valence-corrected chi connectivity index (χ1v) is 8.07. The quantitative estimate of drug-likeness (QED) is 0.331. The largest absolute Gasteiger partial charge is 0.462 e. The Balaban J connectivity index is 1.84. The molecule has 2 aromatic rings. The van der Waals surface area contributed by atoms with Crippen LogP contribution in [0.5, 0.6) is 11.5 Å². The van der Waals surface area contributed by atoms with Crippen LogP contribution in [0.25, 0.3) is 5.69 Å². The maximum absolute atomic E-state index is 13.3. The van der Waals surface area contributed by atoms with Gasteiger partial charge in [0.05, 0.1) is 6.21 Å². The standard InChI is InChI=1S/C17H14F7N3O2/c1-9-5-11(7-25-26-17(23,24)15(18,19)16(20,21)22)10(2)27(9)12-3-4-13-14(6-12)29-8-28-13/h3-7,26H,8H2,1-2H3/b25-7+. The van der Waals surface area contributed by atoms with Crippen LogP contribution < -0.4 is 14.9 Å². The average molecular weight is 425 g/mol. The van der Waals surface area contributed by atoms with Crippen molar-refractivity contribution in [2.45, 2.75) is 32.0 Å². The number of fused-ring (bicyclic) bond motifs is 1. The minimum absolute atomic E-state index is 0.0722. The van der Waals surface area contributed by atoms with Crippen LogP contribution in [0, 0.1) is 13.8 Å². The molecule has 1 aromatic heterocycles. The average Bonchev–Trinajstić information content (AvgIpc) is 3.17. The van der Waals surface area contributed by atoms with Crippen LogP contribution in [-0.2, 0) is 0 Å². The number of hydrazone groups is 1. The second-order valence-corrected chi connectivity index (χ2v) is 6.22.